The molecule has 1 aromatic carbocycles. The SMILES string of the molecule is Cc1ccc(C(=O)OC2COC2)cc1C. The van der Waals surface area contributed by atoms with Crippen LogP contribution in [0.1, 0.15) is 21.5 Å². The Hall–Kier alpha value is -1.35. The molecule has 0 spiro atoms. The summed E-state index contributed by atoms with van der Waals surface area (Å²) in [6.07, 6.45) is -0.0564. The fourth-order valence-electron chi connectivity index (χ4n) is 1.37. The van der Waals surface area contributed by atoms with Crippen LogP contribution < -0.4 is 0 Å². The summed E-state index contributed by atoms with van der Waals surface area (Å²) in [7, 11) is 0. The normalized spacial score (nSPS) is 15.9. The Morgan fingerprint density at radius 3 is 2.60 bits per heavy atom. The Kier molecular flexibility index (Phi) is 2.73. The molecule has 0 N–H and O–H groups in total. The van der Waals surface area contributed by atoms with Gasteiger partial charge < -0.3 is 9.47 Å². The van der Waals surface area contributed by atoms with Gasteiger partial charge in [0.15, 0.2) is 0 Å². The molecule has 0 aliphatic carbocycles. The maximum Gasteiger partial charge on any atom is 0.338 e. The van der Waals surface area contributed by atoms with Gasteiger partial charge in [-0.2, -0.15) is 0 Å². The van der Waals surface area contributed by atoms with E-state index in [0.717, 1.165) is 5.56 Å². The fourth-order valence-corrected chi connectivity index (χ4v) is 1.37. The zero-order chi connectivity index (χ0) is 10.8. The molecule has 3 nitrogen and oxygen atoms in total. The van der Waals surface area contributed by atoms with Crippen molar-refractivity contribution in [2.75, 3.05) is 13.2 Å². The molecule has 1 aromatic rings. The molecule has 0 radical (unpaired) electrons. The summed E-state index contributed by atoms with van der Waals surface area (Å²) < 4.78 is 10.1. The van der Waals surface area contributed by atoms with E-state index in [-0.39, 0.29) is 12.1 Å². The van der Waals surface area contributed by atoms with Crippen molar-refractivity contribution < 1.29 is 14.3 Å². The van der Waals surface area contributed by atoms with Crippen molar-refractivity contribution in [3.63, 3.8) is 0 Å². The minimum Gasteiger partial charge on any atom is -0.454 e. The van der Waals surface area contributed by atoms with Crippen LogP contribution in [0.2, 0.25) is 0 Å². The van der Waals surface area contributed by atoms with E-state index in [9.17, 15) is 4.79 Å². The van der Waals surface area contributed by atoms with Crippen molar-refractivity contribution in [3.05, 3.63) is 34.9 Å². The second kappa shape index (κ2) is 4.03. The first-order valence-corrected chi connectivity index (χ1v) is 5.03. The van der Waals surface area contributed by atoms with E-state index >= 15 is 0 Å². The molecule has 0 aromatic heterocycles. The Labute approximate surface area is 89.0 Å². The van der Waals surface area contributed by atoms with Crippen molar-refractivity contribution in [1.82, 2.24) is 0 Å². The molecule has 0 unspecified atom stereocenters. The van der Waals surface area contributed by atoms with E-state index in [2.05, 4.69) is 0 Å². The van der Waals surface area contributed by atoms with Crippen molar-refractivity contribution >= 4 is 5.97 Å². The number of ether oxygens (including phenoxy) is 2. The first kappa shape index (κ1) is 10.2. The molecule has 0 atom stereocenters. The molecule has 1 fully saturated rings. The highest BCUT2D eigenvalue weighted by atomic mass is 16.6. The lowest BCUT2D eigenvalue weighted by atomic mass is 10.1. The highest BCUT2D eigenvalue weighted by molar-refractivity contribution is 5.89. The number of aryl methyl sites for hydroxylation is 2. The highest BCUT2D eigenvalue weighted by Gasteiger charge is 2.23. The quantitative estimate of drug-likeness (QED) is 0.693. The number of rotatable bonds is 2. The van der Waals surface area contributed by atoms with Crippen LogP contribution in [0.4, 0.5) is 0 Å². The number of hydrogen-bond donors (Lipinski definition) is 0. The lowest BCUT2D eigenvalue weighted by molar-refractivity contribution is -0.103. The van der Waals surface area contributed by atoms with Crippen molar-refractivity contribution in [2.45, 2.75) is 20.0 Å². The summed E-state index contributed by atoms with van der Waals surface area (Å²) in [6, 6.07) is 5.59. The topological polar surface area (TPSA) is 35.5 Å². The molecule has 15 heavy (non-hydrogen) atoms. The second-order valence-corrected chi connectivity index (χ2v) is 3.86. The van der Waals surface area contributed by atoms with Crippen molar-refractivity contribution in [1.29, 1.82) is 0 Å². The van der Waals surface area contributed by atoms with E-state index in [4.69, 9.17) is 9.47 Å². The Bertz CT molecular complexity index is 380. The lowest BCUT2D eigenvalue weighted by Crippen LogP contribution is -2.37. The largest absolute Gasteiger partial charge is 0.454 e. The molecule has 1 aliphatic rings. The van der Waals surface area contributed by atoms with Gasteiger partial charge in [-0.15, -0.1) is 0 Å². The monoisotopic (exact) mass is 206 g/mol. The number of esters is 1. The lowest BCUT2D eigenvalue weighted by Gasteiger charge is -2.25. The standard InChI is InChI=1S/C12H14O3/c1-8-3-4-10(5-9(8)2)12(13)15-11-6-14-7-11/h3-5,11H,6-7H2,1-2H3. The predicted molar refractivity (Wildman–Crippen MR) is 55.9 cm³/mol. The summed E-state index contributed by atoms with van der Waals surface area (Å²) in [5.74, 6) is -0.258. The van der Waals surface area contributed by atoms with Gasteiger partial charge in [0, 0.05) is 0 Å². The third-order valence-corrected chi connectivity index (χ3v) is 2.62. The van der Waals surface area contributed by atoms with Gasteiger partial charge in [-0.05, 0) is 37.1 Å². The number of carbonyl (C=O) groups is 1. The first-order valence-electron chi connectivity index (χ1n) is 5.03. The van der Waals surface area contributed by atoms with Gasteiger partial charge in [-0.3, -0.25) is 0 Å². The van der Waals surface area contributed by atoms with Gasteiger partial charge in [-0.25, -0.2) is 4.79 Å². The zero-order valence-electron chi connectivity index (χ0n) is 8.95. The molecular weight excluding hydrogens is 192 g/mol. The van der Waals surface area contributed by atoms with Crippen LogP contribution in [-0.2, 0) is 9.47 Å². The number of benzene rings is 1. The van der Waals surface area contributed by atoms with Gasteiger partial charge in [0.05, 0.1) is 18.8 Å². The minimum absolute atomic E-state index is 0.0564. The molecule has 1 saturated heterocycles. The van der Waals surface area contributed by atoms with E-state index in [1.807, 2.05) is 26.0 Å². The van der Waals surface area contributed by atoms with Crippen molar-refractivity contribution in [3.8, 4) is 0 Å². The van der Waals surface area contributed by atoms with Crippen molar-refractivity contribution in [2.24, 2.45) is 0 Å². The van der Waals surface area contributed by atoms with Gasteiger partial charge in [0.1, 0.15) is 6.10 Å². The van der Waals surface area contributed by atoms with E-state index < -0.39 is 0 Å². The molecule has 0 bridgehead atoms. The summed E-state index contributed by atoms with van der Waals surface area (Å²) in [5.41, 5.74) is 2.90. The molecule has 80 valence electrons. The Morgan fingerprint density at radius 1 is 1.33 bits per heavy atom. The third-order valence-electron chi connectivity index (χ3n) is 2.62. The Balaban J connectivity index is 2.07. The average Bonchev–Trinajstić information content (AvgIpc) is 2.15. The number of hydrogen-bond acceptors (Lipinski definition) is 3. The minimum atomic E-state index is -0.258. The van der Waals surface area contributed by atoms with Crippen LogP contribution in [0.25, 0.3) is 0 Å². The number of carbonyl (C=O) groups excluding carboxylic acids is 1. The second-order valence-electron chi connectivity index (χ2n) is 3.86. The summed E-state index contributed by atoms with van der Waals surface area (Å²) >= 11 is 0. The van der Waals surface area contributed by atoms with E-state index in [0.29, 0.717) is 18.8 Å². The van der Waals surface area contributed by atoms with Crippen LogP contribution in [0.3, 0.4) is 0 Å². The van der Waals surface area contributed by atoms with Gasteiger partial charge in [0.2, 0.25) is 0 Å². The van der Waals surface area contributed by atoms with Gasteiger partial charge in [0.25, 0.3) is 0 Å². The molecular formula is C12H14O3. The predicted octanol–water partition coefficient (Wildman–Crippen LogP) is 1.86. The van der Waals surface area contributed by atoms with Crippen LogP contribution in [0, 0.1) is 13.8 Å². The van der Waals surface area contributed by atoms with Crippen LogP contribution in [0.15, 0.2) is 18.2 Å². The van der Waals surface area contributed by atoms with Crippen LogP contribution in [-0.4, -0.2) is 25.3 Å². The first-order chi connectivity index (χ1) is 7.16. The van der Waals surface area contributed by atoms with Gasteiger partial charge >= 0.3 is 5.97 Å². The smallest absolute Gasteiger partial charge is 0.338 e. The van der Waals surface area contributed by atoms with E-state index in [1.165, 1.54) is 5.56 Å². The average molecular weight is 206 g/mol. The molecule has 3 heteroatoms. The van der Waals surface area contributed by atoms with Crippen LogP contribution >= 0.6 is 0 Å². The molecule has 2 rings (SSSR count). The summed E-state index contributed by atoms with van der Waals surface area (Å²) in [5, 5.41) is 0. The summed E-state index contributed by atoms with van der Waals surface area (Å²) in [6.45, 7) is 5.05. The maximum absolute atomic E-state index is 11.6. The molecule has 0 amide bonds. The molecule has 0 saturated carbocycles. The van der Waals surface area contributed by atoms with E-state index in [1.54, 1.807) is 6.07 Å². The Morgan fingerprint density at radius 2 is 2.07 bits per heavy atom. The van der Waals surface area contributed by atoms with Crippen LogP contribution in [0.5, 0.6) is 0 Å². The summed E-state index contributed by atoms with van der Waals surface area (Å²) in [4.78, 5) is 11.6. The fraction of sp³-hybridized carbons (Fsp3) is 0.417. The molecule has 1 heterocycles. The molecule has 1 aliphatic heterocycles. The highest BCUT2D eigenvalue weighted by Crippen LogP contribution is 2.13. The zero-order valence-corrected chi connectivity index (χ0v) is 8.95. The van der Waals surface area contributed by atoms with Gasteiger partial charge in [-0.1, -0.05) is 6.07 Å². The third kappa shape index (κ3) is 2.18. The maximum atomic E-state index is 11.6.